The van der Waals surface area contributed by atoms with Crippen molar-refractivity contribution in [1.29, 1.82) is 0 Å². The lowest BCUT2D eigenvalue weighted by Crippen LogP contribution is -2.48. The number of amides is 2. The third-order valence-electron chi connectivity index (χ3n) is 1.61. The normalized spacial score (nSPS) is 11.0. The van der Waals surface area contributed by atoms with Crippen LogP contribution in [0.5, 0.6) is 0 Å². The van der Waals surface area contributed by atoms with E-state index in [0.717, 1.165) is 0 Å². The molecule has 0 aliphatic heterocycles. The highest BCUT2D eigenvalue weighted by molar-refractivity contribution is 6.76. The molecule has 16 heavy (non-hydrogen) atoms. The minimum absolute atomic E-state index is 0.167. The van der Waals surface area contributed by atoms with E-state index in [1.807, 2.05) is 0 Å². The van der Waals surface area contributed by atoms with Crippen molar-refractivity contribution in [3.8, 4) is 0 Å². The first-order chi connectivity index (χ1) is 7.34. The fourth-order valence-corrected chi connectivity index (χ4v) is 1.14. The zero-order valence-corrected chi connectivity index (χ0v) is 10.00. The van der Waals surface area contributed by atoms with Gasteiger partial charge in [-0.2, -0.15) is 0 Å². The molecule has 0 spiro atoms. The molecule has 0 saturated heterocycles. The molecule has 1 aromatic heterocycles. The van der Waals surface area contributed by atoms with E-state index in [4.69, 9.17) is 40.6 Å². The minimum Gasteiger partial charge on any atom is -0.268 e. The highest BCUT2D eigenvalue weighted by atomic mass is 35.6. The molecule has 1 rings (SSSR count). The van der Waals surface area contributed by atoms with Gasteiger partial charge < -0.3 is 0 Å². The van der Waals surface area contributed by atoms with Crippen molar-refractivity contribution in [2.24, 2.45) is 5.84 Å². The van der Waals surface area contributed by atoms with E-state index in [9.17, 15) is 9.59 Å². The Balaban J connectivity index is 2.88. The SMILES string of the molecule is NN(C(=O)c1ccncc1)C(=O)C(Cl)(Cl)Cl. The van der Waals surface area contributed by atoms with E-state index < -0.39 is 15.6 Å². The Hall–Kier alpha value is -0.880. The standard InChI is InChI=1S/C8H6Cl3N3O2/c9-8(10,11)7(16)14(12)6(15)5-1-3-13-4-2-5/h1-4H,12H2. The van der Waals surface area contributed by atoms with Crippen LogP contribution in [0, 0.1) is 0 Å². The number of hydrogen-bond acceptors (Lipinski definition) is 4. The highest BCUT2D eigenvalue weighted by Crippen LogP contribution is 2.28. The Bertz CT molecular complexity index is 405. The molecule has 1 heterocycles. The molecule has 0 unspecified atom stereocenters. The summed E-state index contributed by atoms with van der Waals surface area (Å²) >= 11 is 15.9. The van der Waals surface area contributed by atoms with E-state index in [0.29, 0.717) is 0 Å². The van der Waals surface area contributed by atoms with Gasteiger partial charge in [0.1, 0.15) is 0 Å². The number of aromatic nitrogens is 1. The maximum Gasteiger partial charge on any atom is 0.295 e. The number of nitrogens with two attached hydrogens (primary N) is 1. The lowest BCUT2D eigenvalue weighted by Gasteiger charge is -2.18. The maximum atomic E-state index is 11.6. The smallest absolute Gasteiger partial charge is 0.268 e. The molecular weight excluding hydrogens is 276 g/mol. The van der Waals surface area contributed by atoms with Crippen LogP contribution < -0.4 is 5.84 Å². The Morgan fingerprint density at radius 2 is 1.75 bits per heavy atom. The number of halogens is 3. The van der Waals surface area contributed by atoms with Gasteiger partial charge in [0, 0.05) is 18.0 Å². The van der Waals surface area contributed by atoms with Gasteiger partial charge in [0.15, 0.2) is 0 Å². The first-order valence-corrected chi connectivity index (χ1v) is 5.07. The molecule has 0 atom stereocenters. The third kappa shape index (κ3) is 3.05. The average molecular weight is 283 g/mol. The number of rotatable bonds is 1. The predicted octanol–water partition coefficient (Wildman–Crippen LogP) is 1.29. The van der Waals surface area contributed by atoms with E-state index in [2.05, 4.69) is 4.98 Å². The molecule has 0 radical (unpaired) electrons. The summed E-state index contributed by atoms with van der Waals surface area (Å²) in [4.78, 5) is 26.7. The summed E-state index contributed by atoms with van der Waals surface area (Å²) in [6.07, 6.45) is 2.75. The van der Waals surface area contributed by atoms with Crippen LogP contribution in [0.4, 0.5) is 0 Å². The molecule has 0 fully saturated rings. The van der Waals surface area contributed by atoms with Gasteiger partial charge in [0.05, 0.1) is 0 Å². The Kier molecular flexibility index (Phi) is 4.09. The van der Waals surface area contributed by atoms with Crippen LogP contribution in [0.15, 0.2) is 24.5 Å². The Morgan fingerprint density at radius 3 is 2.19 bits per heavy atom. The molecule has 1 aromatic rings. The first-order valence-electron chi connectivity index (χ1n) is 3.94. The summed E-state index contributed by atoms with van der Waals surface area (Å²) in [5.41, 5.74) is 0.167. The van der Waals surface area contributed by atoms with Gasteiger partial charge in [0.2, 0.25) is 0 Å². The van der Waals surface area contributed by atoms with Gasteiger partial charge in [-0.3, -0.25) is 14.6 Å². The summed E-state index contributed by atoms with van der Waals surface area (Å²) in [5.74, 6) is 3.33. The Labute approximate surface area is 106 Å². The van der Waals surface area contributed by atoms with Crippen molar-refractivity contribution >= 4 is 46.6 Å². The lowest BCUT2D eigenvalue weighted by atomic mass is 10.2. The van der Waals surface area contributed by atoms with Crippen LogP contribution in [-0.4, -0.2) is 25.6 Å². The largest absolute Gasteiger partial charge is 0.295 e. The molecule has 0 aliphatic carbocycles. The van der Waals surface area contributed by atoms with Gasteiger partial charge in [-0.25, -0.2) is 10.9 Å². The zero-order chi connectivity index (χ0) is 12.3. The second kappa shape index (κ2) is 4.97. The predicted molar refractivity (Wildman–Crippen MR) is 59.9 cm³/mol. The minimum atomic E-state index is -2.27. The van der Waals surface area contributed by atoms with Crippen LogP contribution >= 0.6 is 34.8 Å². The van der Waals surface area contributed by atoms with Gasteiger partial charge >= 0.3 is 0 Å². The fourth-order valence-electron chi connectivity index (χ4n) is 0.862. The van der Waals surface area contributed by atoms with E-state index in [1.54, 1.807) is 0 Å². The second-order valence-corrected chi connectivity index (χ2v) is 5.00. The maximum absolute atomic E-state index is 11.6. The number of pyridine rings is 1. The molecule has 5 nitrogen and oxygen atoms in total. The summed E-state index contributed by atoms with van der Waals surface area (Å²) in [5, 5.41) is 0.252. The average Bonchev–Trinajstić information content (AvgIpc) is 2.26. The van der Waals surface area contributed by atoms with Crippen LogP contribution in [-0.2, 0) is 4.79 Å². The van der Waals surface area contributed by atoms with Crippen LogP contribution in [0.3, 0.4) is 0 Å². The van der Waals surface area contributed by atoms with Gasteiger partial charge in [-0.1, -0.05) is 34.8 Å². The number of alkyl halides is 3. The number of hydrazine groups is 1. The van der Waals surface area contributed by atoms with E-state index in [1.165, 1.54) is 24.5 Å². The van der Waals surface area contributed by atoms with Crippen molar-refractivity contribution in [2.45, 2.75) is 3.79 Å². The van der Waals surface area contributed by atoms with Gasteiger partial charge in [-0.05, 0) is 12.1 Å². The Morgan fingerprint density at radius 1 is 1.25 bits per heavy atom. The van der Waals surface area contributed by atoms with E-state index in [-0.39, 0.29) is 10.6 Å². The monoisotopic (exact) mass is 281 g/mol. The van der Waals surface area contributed by atoms with Gasteiger partial charge in [-0.15, -0.1) is 0 Å². The molecule has 0 bridgehead atoms. The fraction of sp³-hybridized carbons (Fsp3) is 0.125. The highest BCUT2D eigenvalue weighted by Gasteiger charge is 2.37. The molecule has 0 aliphatic rings. The van der Waals surface area contributed by atoms with E-state index >= 15 is 0 Å². The molecular formula is C8H6Cl3N3O2. The number of hydrogen-bond donors (Lipinski definition) is 1. The third-order valence-corrected chi connectivity index (χ3v) is 2.09. The van der Waals surface area contributed by atoms with Crippen molar-refractivity contribution in [3.63, 3.8) is 0 Å². The van der Waals surface area contributed by atoms with Crippen molar-refractivity contribution < 1.29 is 9.59 Å². The summed E-state index contributed by atoms with van der Waals surface area (Å²) in [7, 11) is 0. The molecule has 2 N–H and O–H groups in total. The molecule has 0 saturated carbocycles. The summed E-state index contributed by atoms with van der Waals surface area (Å²) in [6, 6.07) is 2.77. The molecule has 8 heteroatoms. The summed E-state index contributed by atoms with van der Waals surface area (Å²) < 4.78 is -2.27. The van der Waals surface area contributed by atoms with Crippen molar-refractivity contribution in [2.75, 3.05) is 0 Å². The van der Waals surface area contributed by atoms with Crippen LogP contribution in [0.25, 0.3) is 0 Å². The quantitative estimate of drug-likeness (QED) is 0.364. The first kappa shape index (κ1) is 13.2. The number of imide groups is 1. The summed E-state index contributed by atoms with van der Waals surface area (Å²) in [6.45, 7) is 0. The van der Waals surface area contributed by atoms with Crippen LogP contribution in [0.1, 0.15) is 10.4 Å². The van der Waals surface area contributed by atoms with Crippen molar-refractivity contribution in [3.05, 3.63) is 30.1 Å². The number of carbonyl (C=O) groups excluding carboxylic acids is 2. The molecule has 2 amide bonds. The topological polar surface area (TPSA) is 76.3 Å². The molecule has 86 valence electrons. The molecule has 0 aromatic carbocycles. The van der Waals surface area contributed by atoms with Gasteiger partial charge in [0.25, 0.3) is 15.6 Å². The second-order valence-electron chi connectivity index (χ2n) is 2.71. The number of carbonyl (C=O) groups is 2. The van der Waals surface area contributed by atoms with Crippen LogP contribution in [0.2, 0.25) is 0 Å². The zero-order valence-electron chi connectivity index (χ0n) is 7.73. The lowest BCUT2D eigenvalue weighted by molar-refractivity contribution is -0.127. The number of nitrogens with zero attached hydrogens (tertiary/aromatic N) is 2. The van der Waals surface area contributed by atoms with Crippen molar-refractivity contribution in [1.82, 2.24) is 9.99 Å².